The van der Waals surface area contributed by atoms with Gasteiger partial charge in [0, 0.05) is 52.8 Å². The molecule has 9 nitrogen and oxygen atoms in total. The molecule has 2 N–H and O–H groups in total. The number of hydrogen-bond donors (Lipinski definition) is 2. The molecule has 0 atom stereocenters. The minimum atomic E-state index is -3.72. The molecule has 0 unspecified atom stereocenters. The minimum absolute atomic E-state index is 0.0595. The Morgan fingerprint density at radius 3 is 2.38 bits per heavy atom. The van der Waals surface area contributed by atoms with E-state index in [1.807, 2.05) is 0 Å². The predicted molar refractivity (Wildman–Crippen MR) is 110 cm³/mol. The standard InChI is InChI=1S/C17H24Cl2N4O5S/c1-28-11-6-20-16(24)4-5-21-17(25)22-7-9-23(10-8-22)29(26,27)13-2-3-14(18)15(19)12-13/h2-3,12H,4-11H2,1H3,(H,20,24)(H,21,25). The Kier molecular flexibility index (Phi) is 8.97. The van der Waals surface area contributed by atoms with Crippen LogP contribution in [0.5, 0.6) is 0 Å². The molecular formula is C17H24Cl2N4O5S. The maximum absolute atomic E-state index is 12.7. The largest absolute Gasteiger partial charge is 0.383 e. The van der Waals surface area contributed by atoms with Crippen molar-refractivity contribution in [3.05, 3.63) is 28.2 Å². The maximum atomic E-state index is 12.7. The van der Waals surface area contributed by atoms with E-state index in [0.717, 1.165) is 0 Å². The second-order valence-corrected chi connectivity index (χ2v) is 9.04. The molecule has 0 spiro atoms. The van der Waals surface area contributed by atoms with Crippen molar-refractivity contribution in [1.29, 1.82) is 0 Å². The summed E-state index contributed by atoms with van der Waals surface area (Å²) in [6.07, 6.45) is 0.154. The molecule has 12 heteroatoms. The van der Waals surface area contributed by atoms with Crippen LogP contribution in [0.4, 0.5) is 4.79 Å². The molecule has 0 radical (unpaired) electrons. The average Bonchev–Trinajstić information content (AvgIpc) is 2.70. The Labute approximate surface area is 180 Å². The second-order valence-electron chi connectivity index (χ2n) is 6.29. The fraction of sp³-hybridized carbons (Fsp3) is 0.529. The van der Waals surface area contributed by atoms with Crippen molar-refractivity contribution in [2.45, 2.75) is 11.3 Å². The highest BCUT2D eigenvalue weighted by molar-refractivity contribution is 7.89. The van der Waals surface area contributed by atoms with Crippen LogP contribution >= 0.6 is 23.2 Å². The van der Waals surface area contributed by atoms with Gasteiger partial charge in [0.25, 0.3) is 0 Å². The lowest BCUT2D eigenvalue weighted by molar-refractivity contribution is -0.121. The molecule has 162 valence electrons. The van der Waals surface area contributed by atoms with E-state index >= 15 is 0 Å². The van der Waals surface area contributed by atoms with Crippen molar-refractivity contribution in [3.8, 4) is 0 Å². The molecule has 1 aromatic carbocycles. The lowest BCUT2D eigenvalue weighted by Gasteiger charge is -2.34. The number of nitrogens with one attached hydrogen (secondary N) is 2. The average molecular weight is 467 g/mol. The molecule has 29 heavy (non-hydrogen) atoms. The van der Waals surface area contributed by atoms with Gasteiger partial charge >= 0.3 is 6.03 Å². The number of piperazine rings is 1. The molecule has 0 aromatic heterocycles. The molecule has 1 aromatic rings. The van der Waals surface area contributed by atoms with Crippen LogP contribution < -0.4 is 10.6 Å². The summed E-state index contributed by atoms with van der Waals surface area (Å²) in [5, 5.41) is 5.77. The number of urea groups is 1. The van der Waals surface area contributed by atoms with Crippen molar-refractivity contribution < 1.29 is 22.7 Å². The monoisotopic (exact) mass is 466 g/mol. The van der Waals surface area contributed by atoms with Gasteiger partial charge in [-0.1, -0.05) is 23.2 Å². The summed E-state index contributed by atoms with van der Waals surface area (Å²) < 4.78 is 31.6. The van der Waals surface area contributed by atoms with Gasteiger partial charge < -0.3 is 20.3 Å². The number of nitrogens with zero attached hydrogens (tertiary/aromatic N) is 2. The number of methoxy groups -OCH3 is 1. The number of ether oxygens (including phenoxy) is 1. The number of amides is 3. The molecular weight excluding hydrogens is 443 g/mol. The van der Waals surface area contributed by atoms with E-state index in [4.69, 9.17) is 27.9 Å². The summed E-state index contributed by atoms with van der Waals surface area (Å²) in [6, 6.07) is 3.82. The van der Waals surface area contributed by atoms with E-state index in [1.165, 1.54) is 27.4 Å². The van der Waals surface area contributed by atoms with Crippen molar-refractivity contribution in [2.75, 3.05) is 53.0 Å². The number of hydrogen-bond acceptors (Lipinski definition) is 5. The highest BCUT2D eigenvalue weighted by atomic mass is 35.5. The number of benzene rings is 1. The first kappa shape index (κ1) is 23.7. The summed E-state index contributed by atoms with van der Waals surface area (Å²) in [5.41, 5.74) is 0. The molecule has 0 aliphatic carbocycles. The highest BCUT2D eigenvalue weighted by Crippen LogP contribution is 2.27. The van der Waals surface area contributed by atoms with Gasteiger partial charge in [0.2, 0.25) is 15.9 Å². The van der Waals surface area contributed by atoms with Crippen molar-refractivity contribution in [3.63, 3.8) is 0 Å². The number of carbonyl (C=O) groups is 2. The summed E-state index contributed by atoms with van der Waals surface area (Å²) in [7, 11) is -2.18. The first-order chi connectivity index (χ1) is 13.8. The van der Waals surface area contributed by atoms with Gasteiger partial charge in [-0.3, -0.25) is 4.79 Å². The van der Waals surface area contributed by atoms with Crippen LogP contribution in [0.2, 0.25) is 10.0 Å². The number of carbonyl (C=O) groups excluding carboxylic acids is 2. The van der Waals surface area contributed by atoms with Gasteiger partial charge in [-0.15, -0.1) is 0 Å². The molecule has 2 rings (SSSR count). The molecule has 1 aliphatic rings. The molecule has 0 bridgehead atoms. The molecule has 3 amide bonds. The van der Waals surface area contributed by atoms with Crippen molar-refractivity contribution in [2.24, 2.45) is 0 Å². The number of halogens is 2. The quantitative estimate of drug-likeness (QED) is 0.558. The van der Waals surface area contributed by atoms with E-state index < -0.39 is 10.0 Å². The van der Waals surface area contributed by atoms with Crippen LogP contribution in [-0.4, -0.2) is 82.5 Å². The van der Waals surface area contributed by atoms with Crippen LogP contribution in [0.25, 0.3) is 0 Å². The first-order valence-corrected chi connectivity index (χ1v) is 11.2. The number of rotatable bonds is 8. The van der Waals surface area contributed by atoms with E-state index in [-0.39, 0.29) is 66.0 Å². The summed E-state index contributed by atoms with van der Waals surface area (Å²) in [6.45, 7) is 1.84. The van der Waals surface area contributed by atoms with E-state index in [0.29, 0.717) is 13.2 Å². The van der Waals surface area contributed by atoms with Crippen LogP contribution in [0.15, 0.2) is 23.1 Å². The Morgan fingerprint density at radius 1 is 1.07 bits per heavy atom. The van der Waals surface area contributed by atoms with Crippen molar-refractivity contribution in [1.82, 2.24) is 19.8 Å². The molecule has 1 aliphatic heterocycles. The Hall–Kier alpha value is -1.59. The topological polar surface area (TPSA) is 108 Å². The lowest BCUT2D eigenvalue weighted by atomic mass is 10.3. The highest BCUT2D eigenvalue weighted by Gasteiger charge is 2.30. The molecule has 0 saturated carbocycles. The van der Waals surface area contributed by atoms with E-state index in [9.17, 15) is 18.0 Å². The van der Waals surface area contributed by atoms with Crippen LogP contribution in [-0.2, 0) is 19.6 Å². The zero-order chi connectivity index (χ0) is 21.4. The summed E-state index contributed by atoms with van der Waals surface area (Å²) in [5.74, 6) is -0.181. The molecule has 1 heterocycles. The third kappa shape index (κ3) is 6.71. The van der Waals surface area contributed by atoms with Gasteiger partial charge in [-0.2, -0.15) is 4.31 Å². The third-order valence-corrected chi connectivity index (χ3v) is 6.95. The lowest BCUT2D eigenvalue weighted by Crippen LogP contribution is -2.53. The SMILES string of the molecule is COCCNC(=O)CCNC(=O)N1CCN(S(=O)(=O)c2ccc(Cl)c(Cl)c2)CC1. The predicted octanol–water partition coefficient (Wildman–Crippen LogP) is 1.16. The van der Waals surface area contributed by atoms with Gasteiger partial charge in [-0.25, -0.2) is 13.2 Å². The fourth-order valence-electron chi connectivity index (χ4n) is 2.69. The second kappa shape index (κ2) is 11.0. The fourth-order valence-corrected chi connectivity index (χ4v) is 4.51. The Morgan fingerprint density at radius 2 is 1.76 bits per heavy atom. The van der Waals surface area contributed by atoms with Gasteiger partial charge in [0.15, 0.2) is 0 Å². The van der Waals surface area contributed by atoms with Crippen molar-refractivity contribution >= 4 is 45.2 Å². The van der Waals surface area contributed by atoms with Gasteiger partial charge in [-0.05, 0) is 18.2 Å². The summed E-state index contributed by atoms with van der Waals surface area (Å²) in [4.78, 5) is 25.4. The van der Waals surface area contributed by atoms with E-state index in [2.05, 4.69) is 10.6 Å². The normalized spacial score (nSPS) is 15.2. The first-order valence-electron chi connectivity index (χ1n) is 8.99. The molecule has 1 saturated heterocycles. The minimum Gasteiger partial charge on any atom is -0.383 e. The zero-order valence-electron chi connectivity index (χ0n) is 16.0. The van der Waals surface area contributed by atoms with Gasteiger partial charge in [0.1, 0.15) is 0 Å². The Bertz CT molecular complexity index is 829. The van der Waals surface area contributed by atoms with Crippen LogP contribution in [0, 0.1) is 0 Å². The summed E-state index contributed by atoms with van der Waals surface area (Å²) >= 11 is 11.8. The Balaban J connectivity index is 1.80. The third-order valence-electron chi connectivity index (χ3n) is 4.31. The van der Waals surface area contributed by atoms with Gasteiger partial charge in [0.05, 0.1) is 21.5 Å². The maximum Gasteiger partial charge on any atom is 0.317 e. The smallest absolute Gasteiger partial charge is 0.317 e. The van der Waals surface area contributed by atoms with Crippen LogP contribution in [0.3, 0.4) is 0 Å². The number of sulfonamides is 1. The zero-order valence-corrected chi connectivity index (χ0v) is 18.3. The van der Waals surface area contributed by atoms with Crippen LogP contribution in [0.1, 0.15) is 6.42 Å². The molecule has 1 fully saturated rings. The van der Waals surface area contributed by atoms with E-state index in [1.54, 1.807) is 7.11 Å².